The van der Waals surface area contributed by atoms with Crippen molar-refractivity contribution in [3.63, 3.8) is 0 Å². The number of thioether (sulfide) groups is 1. The highest BCUT2D eigenvalue weighted by molar-refractivity contribution is 8.00. The fraction of sp³-hybridized carbons (Fsp3) is 0.240. The number of nitrogens with one attached hydrogen (secondary N) is 1. The SMILES string of the molecule is COc1cc(NC(=O)c2oc3ccccc3c2CSc2nc(C)cs2)ccc1N1CCCC1=O. The quantitative estimate of drug-likeness (QED) is 0.324. The van der Waals surface area contributed by atoms with Crippen molar-refractivity contribution in [2.75, 3.05) is 23.9 Å². The van der Waals surface area contributed by atoms with Crippen molar-refractivity contribution in [2.24, 2.45) is 0 Å². The summed E-state index contributed by atoms with van der Waals surface area (Å²) in [6, 6.07) is 13.0. The zero-order chi connectivity index (χ0) is 23.7. The zero-order valence-electron chi connectivity index (χ0n) is 18.8. The molecule has 1 aliphatic rings. The van der Waals surface area contributed by atoms with Gasteiger partial charge in [0, 0.05) is 52.5 Å². The fourth-order valence-corrected chi connectivity index (χ4v) is 5.90. The predicted octanol–water partition coefficient (Wildman–Crippen LogP) is 5.88. The number of fused-ring (bicyclic) bond motifs is 1. The summed E-state index contributed by atoms with van der Waals surface area (Å²) in [5, 5.41) is 5.85. The van der Waals surface area contributed by atoms with Crippen LogP contribution in [0.5, 0.6) is 5.75 Å². The van der Waals surface area contributed by atoms with Crippen LogP contribution in [0.4, 0.5) is 11.4 Å². The highest BCUT2D eigenvalue weighted by atomic mass is 32.2. The van der Waals surface area contributed by atoms with E-state index in [0.29, 0.717) is 41.4 Å². The molecule has 2 aromatic heterocycles. The van der Waals surface area contributed by atoms with E-state index in [1.54, 1.807) is 53.3 Å². The lowest BCUT2D eigenvalue weighted by atomic mass is 10.1. The third-order valence-electron chi connectivity index (χ3n) is 5.64. The van der Waals surface area contributed by atoms with Crippen LogP contribution in [0.3, 0.4) is 0 Å². The molecule has 0 radical (unpaired) electrons. The van der Waals surface area contributed by atoms with Gasteiger partial charge in [0.05, 0.1) is 12.8 Å². The summed E-state index contributed by atoms with van der Waals surface area (Å²) in [4.78, 5) is 31.7. The first-order valence-corrected chi connectivity index (χ1v) is 12.7. The first kappa shape index (κ1) is 22.5. The average Bonchev–Trinajstić information content (AvgIpc) is 3.55. The third kappa shape index (κ3) is 4.41. The molecule has 7 nitrogen and oxygen atoms in total. The Labute approximate surface area is 205 Å². The van der Waals surface area contributed by atoms with Crippen LogP contribution >= 0.6 is 23.1 Å². The van der Waals surface area contributed by atoms with E-state index in [1.807, 2.05) is 36.6 Å². The van der Waals surface area contributed by atoms with E-state index in [9.17, 15) is 9.59 Å². The maximum absolute atomic E-state index is 13.3. The number of aromatic nitrogens is 1. The van der Waals surface area contributed by atoms with Crippen molar-refractivity contribution in [1.82, 2.24) is 4.98 Å². The van der Waals surface area contributed by atoms with Crippen molar-refractivity contribution in [3.05, 3.63) is 64.9 Å². The topological polar surface area (TPSA) is 84.7 Å². The number of ether oxygens (including phenoxy) is 1. The van der Waals surface area contributed by atoms with Gasteiger partial charge in [-0.2, -0.15) is 0 Å². The number of hydrogen-bond donors (Lipinski definition) is 1. The Morgan fingerprint density at radius 2 is 2.15 bits per heavy atom. The van der Waals surface area contributed by atoms with E-state index < -0.39 is 0 Å². The summed E-state index contributed by atoms with van der Waals surface area (Å²) in [5.74, 6) is 1.11. The third-order valence-corrected chi connectivity index (χ3v) is 7.81. The second-order valence-electron chi connectivity index (χ2n) is 7.94. The van der Waals surface area contributed by atoms with Gasteiger partial charge in [0.2, 0.25) is 5.91 Å². The van der Waals surface area contributed by atoms with Crippen LogP contribution in [0.1, 0.15) is 34.7 Å². The number of rotatable bonds is 7. The normalized spacial score (nSPS) is 13.6. The van der Waals surface area contributed by atoms with Gasteiger partial charge in [-0.25, -0.2) is 4.98 Å². The molecule has 0 aliphatic carbocycles. The van der Waals surface area contributed by atoms with Crippen LogP contribution in [0, 0.1) is 6.92 Å². The van der Waals surface area contributed by atoms with E-state index in [4.69, 9.17) is 9.15 Å². The Kier molecular flexibility index (Phi) is 6.30. The molecule has 5 rings (SSSR count). The summed E-state index contributed by atoms with van der Waals surface area (Å²) in [7, 11) is 1.56. The maximum atomic E-state index is 13.3. The number of methoxy groups -OCH3 is 1. The molecular formula is C25H23N3O4S2. The van der Waals surface area contributed by atoms with Gasteiger partial charge in [0.15, 0.2) is 5.76 Å². The van der Waals surface area contributed by atoms with Crippen LogP contribution in [0.2, 0.25) is 0 Å². The van der Waals surface area contributed by atoms with E-state index in [2.05, 4.69) is 10.3 Å². The van der Waals surface area contributed by atoms with Crippen LogP contribution in [-0.2, 0) is 10.5 Å². The molecule has 9 heteroatoms. The average molecular weight is 494 g/mol. The molecular weight excluding hydrogens is 470 g/mol. The van der Waals surface area contributed by atoms with Crippen molar-refractivity contribution in [1.29, 1.82) is 0 Å². The number of aryl methyl sites for hydroxylation is 1. The van der Waals surface area contributed by atoms with E-state index in [0.717, 1.165) is 27.4 Å². The van der Waals surface area contributed by atoms with Gasteiger partial charge in [0.25, 0.3) is 5.91 Å². The molecule has 2 aromatic carbocycles. The van der Waals surface area contributed by atoms with E-state index in [-0.39, 0.29) is 17.6 Å². The molecule has 2 amide bonds. The number of anilines is 2. The minimum absolute atomic E-state index is 0.0786. The second kappa shape index (κ2) is 9.52. The smallest absolute Gasteiger partial charge is 0.291 e. The number of thiazole rings is 1. The van der Waals surface area contributed by atoms with Gasteiger partial charge in [-0.05, 0) is 31.5 Å². The standard InChI is InChI=1S/C25H23N3O4S2/c1-15-13-33-25(26-15)34-14-18-17-6-3-4-7-20(17)32-23(18)24(30)27-16-9-10-19(21(12-16)31-2)28-11-5-8-22(28)29/h3-4,6-7,9-10,12-13H,5,8,11,14H2,1-2H3,(H,27,30). The molecule has 1 N–H and O–H groups in total. The molecule has 174 valence electrons. The Hall–Kier alpha value is -3.30. The number of para-hydroxylation sites is 1. The Balaban J connectivity index is 1.41. The van der Waals surface area contributed by atoms with Crippen molar-refractivity contribution in [2.45, 2.75) is 29.9 Å². The number of carbonyl (C=O) groups is 2. The summed E-state index contributed by atoms with van der Waals surface area (Å²) in [6.07, 6.45) is 1.36. The number of benzene rings is 2. The van der Waals surface area contributed by atoms with Gasteiger partial charge in [0.1, 0.15) is 15.7 Å². The molecule has 0 atom stereocenters. The van der Waals surface area contributed by atoms with E-state index >= 15 is 0 Å². The lowest BCUT2D eigenvalue weighted by molar-refractivity contribution is -0.117. The molecule has 1 saturated heterocycles. The van der Waals surface area contributed by atoms with Crippen LogP contribution < -0.4 is 15.0 Å². The number of carbonyl (C=O) groups excluding carboxylic acids is 2. The Bertz CT molecular complexity index is 1380. The molecule has 34 heavy (non-hydrogen) atoms. The number of furan rings is 1. The lowest BCUT2D eigenvalue weighted by Gasteiger charge is -2.19. The molecule has 0 saturated carbocycles. The van der Waals surface area contributed by atoms with Crippen molar-refractivity contribution < 1.29 is 18.7 Å². The first-order valence-electron chi connectivity index (χ1n) is 10.9. The molecule has 1 aliphatic heterocycles. The molecule has 0 unspecified atom stereocenters. The Morgan fingerprint density at radius 1 is 1.29 bits per heavy atom. The van der Waals surface area contributed by atoms with Gasteiger partial charge in [-0.15, -0.1) is 11.3 Å². The second-order valence-corrected chi connectivity index (χ2v) is 10.0. The number of nitrogens with zero attached hydrogens (tertiary/aromatic N) is 2. The van der Waals surface area contributed by atoms with Crippen molar-refractivity contribution >= 4 is 57.3 Å². The first-order chi connectivity index (χ1) is 16.5. The molecule has 0 spiro atoms. The summed E-state index contributed by atoms with van der Waals surface area (Å²) >= 11 is 3.17. The van der Waals surface area contributed by atoms with Gasteiger partial charge in [-0.1, -0.05) is 30.0 Å². The zero-order valence-corrected chi connectivity index (χ0v) is 20.4. The predicted molar refractivity (Wildman–Crippen MR) is 135 cm³/mol. The van der Waals surface area contributed by atoms with Crippen LogP contribution in [0.25, 0.3) is 11.0 Å². The van der Waals surface area contributed by atoms with Gasteiger partial charge in [-0.3, -0.25) is 9.59 Å². The van der Waals surface area contributed by atoms with Crippen molar-refractivity contribution in [3.8, 4) is 5.75 Å². The lowest BCUT2D eigenvalue weighted by Crippen LogP contribution is -2.24. The van der Waals surface area contributed by atoms with Crippen LogP contribution in [-0.4, -0.2) is 30.5 Å². The maximum Gasteiger partial charge on any atom is 0.291 e. The minimum atomic E-state index is -0.339. The highest BCUT2D eigenvalue weighted by Gasteiger charge is 2.25. The van der Waals surface area contributed by atoms with Gasteiger partial charge >= 0.3 is 0 Å². The summed E-state index contributed by atoms with van der Waals surface area (Å²) < 4.78 is 12.4. The number of amides is 2. The minimum Gasteiger partial charge on any atom is -0.494 e. The summed E-state index contributed by atoms with van der Waals surface area (Å²) in [6.45, 7) is 2.63. The fourth-order valence-electron chi connectivity index (χ4n) is 4.03. The van der Waals surface area contributed by atoms with E-state index in [1.165, 1.54) is 0 Å². The van der Waals surface area contributed by atoms with Gasteiger partial charge < -0.3 is 19.4 Å². The Morgan fingerprint density at radius 3 is 2.88 bits per heavy atom. The monoisotopic (exact) mass is 493 g/mol. The highest BCUT2D eigenvalue weighted by Crippen LogP contribution is 2.36. The largest absolute Gasteiger partial charge is 0.494 e. The molecule has 1 fully saturated rings. The summed E-state index contributed by atoms with van der Waals surface area (Å²) in [5.41, 5.74) is 3.75. The number of hydrogen-bond acceptors (Lipinski definition) is 7. The molecule has 4 aromatic rings. The molecule has 3 heterocycles. The molecule has 0 bridgehead atoms. The van der Waals surface area contributed by atoms with Crippen LogP contribution in [0.15, 0.2) is 56.6 Å².